The fourth-order valence-electron chi connectivity index (χ4n) is 4.59. The van der Waals surface area contributed by atoms with E-state index in [1.54, 1.807) is 19.2 Å². The molecule has 0 bridgehead atoms. The third-order valence-electron chi connectivity index (χ3n) is 5.85. The van der Waals surface area contributed by atoms with E-state index in [9.17, 15) is 0 Å². The van der Waals surface area contributed by atoms with Gasteiger partial charge < -0.3 is 24.8 Å². The van der Waals surface area contributed by atoms with E-state index in [1.165, 1.54) is 12.0 Å². The molecule has 0 saturated carbocycles. The molecule has 0 spiro atoms. The van der Waals surface area contributed by atoms with Gasteiger partial charge >= 0.3 is 177 Å². The van der Waals surface area contributed by atoms with Crippen molar-refractivity contribution >= 4 is 22.4 Å². The third kappa shape index (κ3) is 4.58. The molecule has 3 aromatic carbocycles. The SMILES string of the molecule is C1=CC[C]([Zr+2]([CH]2C=Cc3ccccc32)[SiH](c2ccccc2)c2ccccc2)=C1.[Cl-].[Cl-]. The van der Waals surface area contributed by atoms with E-state index < -0.39 is 26.8 Å². The van der Waals surface area contributed by atoms with E-state index in [2.05, 4.69) is 115 Å². The van der Waals surface area contributed by atoms with Gasteiger partial charge in [-0.25, -0.2) is 0 Å². The Morgan fingerprint density at radius 2 is 1.33 bits per heavy atom. The van der Waals surface area contributed by atoms with Crippen molar-refractivity contribution in [2.24, 2.45) is 0 Å². The van der Waals surface area contributed by atoms with Gasteiger partial charge in [-0.2, -0.15) is 0 Å². The van der Waals surface area contributed by atoms with E-state index in [0.717, 1.165) is 0 Å². The van der Waals surface area contributed by atoms with Gasteiger partial charge in [0, 0.05) is 0 Å². The first-order chi connectivity index (χ1) is 13.9. The van der Waals surface area contributed by atoms with Crippen LogP contribution in [0.5, 0.6) is 0 Å². The molecular weight excluding hydrogens is 503 g/mol. The third-order valence-corrected chi connectivity index (χ3v) is 28.0. The van der Waals surface area contributed by atoms with Gasteiger partial charge in [0.1, 0.15) is 0 Å². The molecule has 3 aromatic rings. The van der Waals surface area contributed by atoms with Gasteiger partial charge in [0.15, 0.2) is 0 Å². The Labute approximate surface area is 200 Å². The summed E-state index contributed by atoms with van der Waals surface area (Å²) in [6.45, 7) is 0. The standard InChI is InChI=1S/C12H11Si.C9H7.C5H5.2ClH.Zr/c1-3-7-11(8-4-1)13-12-9-5-2-6-10-12;1-2-5-9-7-3-6-8(9)4-1;1-2-4-5-3-1;;;/h1-10,13H;1-7H;1-3H,4H2;2*1H;/q;;;;;+2/p-2. The average Bonchev–Trinajstić information content (AvgIpc) is 3.44. The molecule has 5 rings (SSSR count). The number of hydrogen-bond acceptors (Lipinski definition) is 0. The molecule has 1 unspecified atom stereocenters. The van der Waals surface area contributed by atoms with E-state index in [0.29, 0.717) is 3.63 Å². The summed E-state index contributed by atoms with van der Waals surface area (Å²) < 4.78 is 2.44. The summed E-state index contributed by atoms with van der Waals surface area (Å²) in [5, 5.41) is 3.24. The molecule has 0 aromatic heterocycles. The van der Waals surface area contributed by atoms with Crippen LogP contribution >= 0.6 is 0 Å². The van der Waals surface area contributed by atoms with Crippen LogP contribution in [-0.4, -0.2) is 5.92 Å². The molecule has 0 nitrogen and oxygen atoms in total. The van der Waals surface area contributed by atoms with Crippen LogP contribution in [0.4, 0.5) is 0 Å². The summed E-state index contributed by atoms with van der Waals surface area (Å²) in [7, 11) is 0. The summed E-state index contributed by atoms with van der Waals surface area (Å²) in [6.07, 6.45) is 13.2. The van der Waals surface area contributed by atoms with Crippen LogP contribution in [0.2, 0.25) is 0 Å². The Morgan fingerprint density at radius 1 is 0.733 bits per heavy atom. The molecule has 0 N–H and O–H groups in total. The fraction of sp³-hybridized carbons (Fsp3) is 0.0769. The molecule has 0 heterocycles. The zero-order valence-corrected chi connectivity index (χ0v) is 21.7. The van der Waals surface area contributed by atoms with Gasteiger partial charge in [-0.05, 0) is 0 Å². The summed E-state index contributed by atoms with van der Waals surface area (Å²) in [4.78, 5) is 0. The number of benzene rings is 3. The van der Waals surface area contributed by atoms with Crippen molar-refractivity contribution in [1.82, 2.24) is 0 Å². The summed E-state index contributed by atoms with van der Waals surface area (Å²) in [5.41, 5.74) is 3.01. The second-order valence-electron chi connectivity index (χ2n) is 7.50. The van der Waals surface area contributed by atoms with Gasteiger partial charge in [-0.1, -0.05) is 0 Å². The molecule has 0 saturated heterocycles. The zero-order chi connectivity index (χ0) is 18.8. The zero-order valence-electron chi connectivity index (χ0n) is 16.6. The predicted molar refractivity (Wildman–Crippen MR) is 119 cm³/mol. The largest absolute Gasteiger partial charge is 1.00 e. The van der Waals surface area contributed by atoms with Crippen molar-refractivity contribution in [3.63, 3.8) is 0 Å². The van der Waals surface area contributed by atoms with E-state index in [-0.39, 0.29) is 24.8 Å². The maximum absolute atomic E-state index is 2.55. The quantitative estimate of drug-likeness (QED) is 0.366. The number of fused-ring (bicyclic) bond motifs is 1. The van der Waals surface area contributed by atoms with Gasteiger partial charge in [-0.3, -0.25) is 0 Å². The molecule has 2 aliphatic rings. The summed E-state index contributed by atoms with van der Waals surface area (Å²) in [5.74, 6) is -1.29. The number of allylic oxidation sites excluding steroid dienone is 5. The predicted octanol–water partition coefficient (Wildman–Crippen LogP) is -1.24. The van der Waals surface area contributed by atoms with Crippen LogP contribution in [0.1, 0.15) is 21.2 Å². The van der Waals surface area contributed by atoms with E-state index >= 15 is 0 Å². The first kappa shape index (κ1) is 23.2. The van der Waals surface area contributed by atoms with Crippen molar-refractivity contribution in [2.75, 3.05) is 0 Å². The number of halogens is 2. The van der Waals surface area contributed by atoms with Crippen LogP contribution in [0.15, 0.2) is 113 Å². The molecule has 2 aliphatic carbocycles. The number of hydrogen-bond donors (Lipinski definition) is 0. The van der Waals surface area contributed by atoms with Crippen molar-refractivity contribution in [1.29, 1.82) is 0 Å². The summed E-state index contributed by atoms with van der Waals surface area (Å²) >= 11 is -2.06. The monoisotopic (exact) mass is 523 g/mol. The Morgan fingerprint density at radius 3 is 1.93 bits per heavy atom. The molecule has 0 radical (unpaired) electrons. The Bertz CT molecular complexity index is 1020. The number of rotatable bonds is 5. The fourth-order valence-corrected chi connectivity index (χ4v) is 28.9. The second kappa shape index (κ2) is 10.7. The minimum Gasteiger partial charge on any atom is -1.00 e. The molecule has 1 atom stereocenters. The molecule has 30 heavy (non-hydrogen) atoms. The molecule has 0 aliphatic heterocycles. The smallest absolute Gasteiger partial charge is 1.00 e. The minimum atomic E-state index is -2.06. The van der Waals surface area contributed by atoms with Crippen LogP contribution in [0.3, 0.4) is 0 Å². The van der Waals surface area contributed by atoms with E-state index in [4.69, 9.17) is 0 Å². The molecular formula is C26H23Cl2SiZr. The van der Waals surface area contributed by atoms with Gasteiger partial charge in [0.2, 0.25) is 0 Å². The van der Waals surface area contributed by atoms with Gasteiger partial charge in [-0.15, -0.1) is 0 Å². The van der Waals surface area contributed by atoms with E-state index in [1.807, 2.05) is 0 Å². The molecule has 149 valence electrons. The molecule has 4 heteroatoms. The Kier molecular flexibility index (Phi) is 8.31. The average molecular weight is 526 g/mol. The Hall–Kier alpha value is -1.44. The van der Waals surface area contributed by atoms with Gasteiger partial charge in [0.05, 0.1) is 0 Å². The maximum atomic E-state index is 2.55. The molecule has 0 amide bonds. The van der Waals surface area contributed by atoms with Crippen LogP contribution in [0.25, 0.3) is 6.08 Å². The van der Waals surface area contributed by atoms with Crippen molar-refractivity contribution in [2.45, 2.75) is 10.0 Å². The van der Waals surface area contributed by atoms with Crippen LogP contribution in [-0.2, 0) is 20.9 Å². The molecule has 0 fully saturated rings. The first-order valence-electron chi connectivity index (χ1n) is 10.0. The first-order valence-corrected chi connectivity index (χ1v) is 18.7. The Balaban J connectivity index is 0.00000128. The van der Waals surface area contributed by atoms with Crippen molar-refractivity contribution in [3.05, 3.63) is 124 Å². The second-order valence-corrected chi connectivity index (χ2v) is 23.0. The topological polar surface area (TPSA) is 0 Å². The van der Waals surface area contributed by atoms with Crippen molar-refractivity contribution < 1.29 is 45.7 Å². The summed E-state index contributed by atoms with van der Waals surface area (Å²) in [6, 6.07) is 31.9. The van der Waals surface area contributed by atoms with Crippen LogP contribution in [0, 0.1) is 0 Å². The minimum absolute atomic E-state index is 0. The maximum Gasteiger partial charge on any atom is -1.00 e. The van der Waals surface area contributed by atoms with Crippen molar-refractivity contribution in [3.8, 4) is 0 Å². The van der Waals surface area contributed by atoms with Gasteiger partial charge in [0.25, 0.3) is 0 Å². The van der Waals surface area contributed by atoms with Crippen LogP contribution < -0.4 is 35.2 Å². The normalized spacial score (nSPS) is 15.9.